The van der Waals surface area contributed by atoms with Gasteiger partial charge >= 0.3 is 11.6 Å². The Bertz CT molecular complexity index is 2240. The molecule has 0 bridgehead atoms. The number of para-hydroxylation sites is 2. The second-order valence-corrected chi connectivity index (χ2v) is 11.4. The molecule has 0 saturated heterocycles. The van der Waals surface area contributed by atoms with Crippen molar-refractivity contribution in [2.45, 2.75) is 0 Å². The van der Waals surface area contributed by atoms with E-state index in [0.29, 0.717) is 23.1 Å². The molecule has 0 fully saturated rings. The number of halogens is 2. The molecule has 0 aliphatic carbocycles. The summed E-state index contributed by atoms with van der Waals surface area (Å²) in [5.41, 5.74) is 6.90. The molecule has 0 aliphatic rings. The predicted octanol–water partition coefficient (Wildman–Crippen LogP) is 7.26. The molecule has 8 aromatic rings. The molecule has 258 valence electrons. The van der Waals surface area contributed by atoms with Crippen LogP contribution in [-0.4, -0.2) is 44.2 Å². The summed E-state index contributed by atoms with van der Waals surface area (Å²) in [5.74, 6) is 2.45. The van der Waals surface area contributed by atoms with Crippen LogP contribution in [-0.2, 0) is 0 Å². The van der Waals surface area contributed by atoms with Gasteiger partial charge in [0.1, 0.15) is 11.4 Å². The molecule has 2 heterocycles. The topological polar surface area (TPSA) is 87.6 Å². The Labute approximate surface area is 312 Å². The highest BCUT2D eigenvalue weighted by Gasteiger charge is 2.28. The molecule has 8 rings (SSSR count). The highest BCUT2D eigenvalue weighted by atomic mass is 35.5. The van der Waals surface area contributed by atoms with Gasteiger partial charge in [0.15, 0.2) is 11.5 Å². The summed E-state index contributed by atoms with van der Waals surface area (Å²) >= 11 is 0. The van der Waals surface area contributed by atoms with Gasteiger partial charge in [0.25, 0.3) is 0 Å². The van der Waals surface area contributed by atoms with Crippen LogP contribution >= 0.6 is 24.8 Å². The fourth-order valence-electron chi connectivity index (χ4n) is 5.79. The van der Waals surface area contributed by atoms with E-state index in [9.17, 15) is 0 Å². The summed E-state index contributed by atoms with van der Waals surface area (Å²) < 4.78 is 11.9. The second kappa shape index (κ2) is 15.7. The first-order chi connectivity index (χ1) is 24.7. The molecular formula is C40H34Cl2N8O2+2. The van der Waals surface area contributed by atoms with E-state index in [4.69, 9.17) is 29.9 Å². The number of aromatic nitrogens is 8. The van der Waals surface area contributed by atoms with Crippen LogP contribution in [0.5, 0.6) is 11.5 Å². The number of rotatable bonds is 9. The molecule has 12 heteroatoms. The van der Waals surface area contributed by atoms with Gasteiger partial charge in [-0.25, -0.2) is 0 Å². The maximum atomic E-state index is 5.97. The Morgan fingerprint density at radius 2 is 0.769 bits per heavy atom. The number of ether oxygens (including phenoxy) is 2. The van der Waals surface area contributed by atoms with Crippen LogP contribution in [0.4, 0.5) is 0 Å². The Hall–Kier alpha value is -6.36. The smallest absolute Gasteiger partial charge is 0.340 e. The van der Waals surface area contributed by atoms with E-state index in [-0.39, 0.29) is 24.8 Å². The largest absolute Gasteiger partial charge is 0.492 e. The van der Waals surface area contributed by atoms with E-state index < -0.39 is 0 Å². The Morgan fingerprint density at radius 3 is 1.12 bits per heavy atom. The minimum absolute atomic E-state index is 0. The van der Waals surface area contributed by atoms with Gasteiger partial charge in [0, 0.05) is 9.59 Å². The molecule has 0 unspecified atom stereocenters. The third kappa shape index (κ3) is 6.85. The minimum atomic E-state index is 0. The average Bonchev–Trinajstić information content (AvgIpc) is 3.85. The van der Waals surface area contributed by atoms with Gasteiger partial charge in [-0.3, -0.25) is 0 Å². The molecule has 0 aliphatic heterocycles. The maximum Gasteiger partial charge on any atom is 0.340 e. The summed E-state index contributed by atoms with van der Waals surface area (Å²) in [4.78, 5) is 7.09. The molecule has 0 radical (unpaired) electrons. The van der Waals surface area contributed by atoms with Crippen molar-refractivity contribution in [2.24, 2.45) is 0 Å². The quantitative estimate of drug-likeness (QED) is 0.146. The van der Waals surface area contributed by atoms with Crippen molar-refractivity contribution in [1.82, 2.24) is 30.0 Å². The van der Waals surface area contributed by atoms with E-state index in [1.54, 1.807) is 33.4 Å². The minimum Gasteiger partial charge on any atom is -0.492 e. The van der Waals surface area contributed by atoms with Gasteiger partial charge in [-0.1, -0.05) is 72.8 Å². The highest BCUT2D eigenvalue weighted by Crippen LogP contribution is 2.32. The normalized spacial score (nSPS) is 10.6. The summed E-state index contributed by atoms with van der Waals surface area (Å²) in [6, 6.07) is 51.7. The van der Waals surface area contributed by atoms with E-state index in [2.05, 4.69) is 0 Å². The van der Waals surface area contributed by atoms with Crippen LogP contribution in [0, 0.1) is 0 Å². The van der Waals surface area contributed by atoms with Crippen molar-refractivity contribution in [3.05, 3.63) is 158 Å². The standard InChI is InChI=1S/C40H32N8O2.2ClH/c1-49-37-27-31(23-25-35(37)47-43-39(29-15-7-3-8-16-29)41-45(47)33-19-11-5-12-20-33)32-24-26-36(38(28-32)50-2)48-44-40(30-17-9-4-10-18-30)42-46(48)34-21-13-6-14-22-34;;/h3-28H,1-2H3;2*1H/q+2;;. The van der Waals surface area contributed by atoms with Crippen LogP contribution in [0.2, 0.25) is 0 Å². The van der Waals surface area contributed by atoms with E-state index >= 15 is 0 Å². The van der Waals surface area contributed by atoms with Gasteiger partial charge in [-0.05, 0) is 116 Å². The van der Waals surface area contributed by atoms with Crippen LogP contribution in [0.25, 0.3) is 56.7 Å². The number of benzene rings is 6. The fourth-order valence-corrected chi connectivity index (χ4v) is 5.79. The zero-order valence-corrected chi connectivity index (χ0v) is 29.9. The molecular weight excluding hydrogens is 695 g/mol. The summed E-state index contributed by atoms with van der Waals surface area (Å²) in [5, 5.41) is 19.6. The lowest BCUT2D eigenvalue weighted by Crippen LogP contribution is -2.43. The zero-order chi connectivity index (χ0) is 33.9. The van der Waals surface area contributed by atoms with E-state index in [1.165, 1.54) is 0 Å². The first-order valence-corrected chi connectivity index (χ1v) is 16.1. The van der Waals surface area contributed by atoms with Crippen LogP contribution < -0.4 is 19.1 Å². The molecule has 0 N–H and O–H groups in total. The number of methoxy groups -OCH3 is 2. The second-order valence-electron chi connectivity index (χ2n) is 11.4. The van der Waals surface area contributed by atoms with Crippen molar-refractivity contribution in [2.75, 3.05) is 14.2 Å². The lowest BCUT2D eigenvalue weighted by Gasteiger charge is -2.11. The van der Waals surface area contributed by atoms with Crippen molar-refractivity contribution >= 4 is 24.8 Å². The molecule has 0 saturated carbocycles. The first-order valence-electron chi connectivity index (χ1n) is 16.1. The fraction of sp³-hybridized carbons (Fsp3) is 0.0500. The Morgan fingerprint density at radius 1 is 0.423 bits per heavy atom. The lowest BCUT2D eigenvalue weighted by molar-refractivity contribution is -0.734. The highest BCUT2D eigenvalue weighted by molar-refractivity contribution is 5.85. The lowest BCUT2D eigenvalue weighted by atomic mass is 10.0. The van der Waals surface area contributed by atoms with Crippen LogP contribution in [0.15, 0.2) is 158 Å². The molecule has 0 spiro atoms. The molecule has 2 aromatic heterocycles. The molecule has 6 aromatic carbocycles. The summed E-state index contributed by atoms with van der Waals surface area (Å²) in [6.45, 7) is 0. The van der Waals surface area contributed by atoms with Gasteiger partial charge < -0.3 is 9.47 Å². The van der Waals surface area contributed by atoms with Crippen LogP contribution in [0.3, 0.4) is 0 Å². The third-order valence-electron chi connectivity index (χ3n) is 8.28. The summed E-state index contributed by atoms with van der Waals surface area (Å²) in [6.07, 6.45) is 0. The van der Waals surface area contributed by atoms with E-state index in [1.807, 2.05) is 158 Å². The molecule has 10 nitrogen and oxygen atoms in total. The number of hydrogen-bond donors (Lipinski definition) is 0. The monoisotopic (exact) mass is 728 g/mol. The van der Waals surface area contributed by atoms with Crippen molar-refractivity contribution in [3.63, 3.8) is 0 Å². The number of hydrogen-bond acceptors (Lipinski definition) is 6. The van der Waals surface area contributed by atoms with E-state index in [0.717, 1.165) is 45.0 Å². The maximum absolute atomic E-state index is 5.97. The van der Waals surface area contributed by atoms with Crippen molar-refractivity contribution < 1.29 is 19.1 Å². The molecule has 0 amide bonds. The molecule has 52 heavy (non-hydrogen) atoms. The predicted molar refractivity (Wildman–Crippen MR) is 203 cm³/mol. The van der Waals surface area contributed by atoms with Gasteiger partial charge in [-0.15, -0.1) is 24.8 Å². The Kier molecular flexibility index (Phi) is 10.7. The van der Waals surface area contributed by atoms with Crippen molar-refractivity contribution in [3.8, 4) is 68.2 Å². The van der Waals surface area contributed by atoms with Gasteiger partial charge in [-0.2, -0.15) is 0 Å². The van der Waals surface area contributed by atoms with Gasteiger partial charge in [0.2, 0.25) is 11.4 Å². The average molecular weight is 730 g/mol. The summed E-state index contributed by atoms with van der Waals surface area (Å²) in [7, 11) is 3.32. The third-order valence-corrected chi connectivity index (χ3v) is 8.28. The zero-order valence-electron chi connectivity index (χ0n) is 28.2. The SMILES string of the molecule is COc1cc(-c2ccc(-[n+]3nc(-c4ccccc4)nn3-c3ccccc3)c(OC)c2)ccc1-[n+]1nc(-c2ccccc2)nn1-c1ccccc1.Cl.Cl. The first kappa shape index (κ1) is 35.5. The molecule has 0 atom stereocenters. The van der Waals surface area contributed by atoms with Crippen molar-refractivity contribution in [1.29, 1.82) is 0 Å². The number of nitrogens with zero attached hydrogens (tertiary/aromatic N) is 8. The Balaban J connectivity index is 0.00000232. The van der Waals surface area contributed by atoms with Crippen LogP contribution in [0.1, 0.15) is 0 Å². The van der Waals surface area contributed by atoms with Gasteiger partial charge in [0.05, 0.1) is 35.5 Å². The number of tetrazole rings is 2.